The van der Waals surface area contributed by atoms with Crippen LogP contribution in [-0.4, -0.2) is 33.9 Å². The molecule has 6 heteroatoms. The van der Waals surface area contributed by atoms with Gasteiger partial charge in [0, 0.05) is 6.54 Å². The fourth-order valence-electron chi connectivity index (χ4n) is 1.35. The highest BCUT2D eigenvalue weighted by Gasteiger charge is 2.07. The SMILES string of the molecule is NCCCS(=O)(=O)NCCCOc1ccccc1. The molecule has 0 saturated carbocycles. The van der Waals surface area contributed by atoms with Gasteiger partial charge in [-0.1, -0.05) is 18.2 Å². The molecule has 102 valence electrons. The third-order valence-electron chi connectivity index (χ3n) is 2.27. The van der Waals surface area contributed by atoms with E-state index in [4.69, 9.17) is 10.5 Å². The van der Waals surface area contributed by atoms with Crippen LogP contribution in [0.15, 0.2) is 30.3 Å². The van der Waals surface area contributed by atoms with Gasteiger partial charge in [0.1, 0.15) is 5.75 Å². The van der Waals surface area contributed by atoms with Crippen molar-refractivity contribution in [1.29, 1.82) is 0 Å². The fourth-order valence-corrected chi connectivity index (χ4v) is 2.50. The number of sulfonamides is 1. The molecule has 0 bridgehead atoms. The van der Waals surface area contributed by atoms with Crippen LogP contribution in [0.4, 0.5) is 0 Å². The monoisotopic (exact) mass is 272 g/mol. The molecule has 18 heavy (non-hydrogen) atoms. The Morgan fingerprint density at radius 1 is 1.17 bits per heavy atom. The number of ether oxygens (including phenoxy) is 1. The van der Waals surface area contributed by atoms with E-state index in [0.717, 1.165) is 5.75 Å². The van der Waals surface area contributed by atoms with Gasteiger partial charge < -0.3 is 10.5 Å². The molecule has 0 radical (unpaired) electrons. The summed E-state index contributed by atoms with van der Waals surface area (Å²) in [6.45, 7) is 1.27. The van der Waals surface area contributed by atoms with E-state index >= 15 is 0 Å². The van der Waals surface area contributed by atoms with Gasteiger partial charge in [-0.2, -0.15) is 0 Å². The van der Waals surface area contributed by atoms with Gasteiger partial charge >= 0.3 is 0 Å². The van der Waals surface area contributed by atoms with Crippen LogP contribution in [-0.2, 0) is 10.0 Å². The Morgan fingerprint density at radius 3 is 2.56 bits per heavy atom. The highest BCUT2D eigenvalue weighted by atomic mass is 32.2. The second kappa shape index (κ2) is 8.07. The summed E-state index contributed by atoms with van der Waals surface area (Å²) in [5.41, 5.74) is 5.26. The van der Waals surface area contributed by atoms with Gasteiger partial charge in [-0.25, -0.2) is 13.1 Å². The van der Waals surface area contributed by atoms with Crippen molar-refractivity contribution in [1.82, 2.24) is 4.72 Å². The molecule has 0 aliphatic carbocycles. The first-order valence-electron chi connectivity index (χ1n) is 5.99. The van der Waals surface area contributed by atoms with Gasteiger partial charge in [0.15, 0.2) is 0 Å². The molecule has 0 saturated heterocycles. The van der Waals surface area contributed by atoms with Gasteiger partial charge in [-0.3, -0.25) is 0 Å². The average Bonchev–Trinajstić information content (AvgIpc) is 2.37. The molecule has 3 N–H and O–H groups in total. The third-order valence-corrected chi connectivity index (χ3v) is 3.74. The van der Waals surface area contributed by atoms with E-state index in [2.05, 4.69) is 4.72 Å². The van der Waals surface area contributed by atoms with Crippen LogP contribution in [0.1, 0.15) is 12.8 Å². The summed E-state index contributed by atoms with van der Waals surface area (Å²) in [4.78, 5) is 0. The summed E-state index contributed by atoms with van der Waals surface area (Å²) < 4.78 is 30.8. The van der Waals surface area contributed by atoms with Crippen molar-refractivity contribution in [3.63, 3.8) is 0 Å². The number of nitrogens with one attached hydrogen (secondary N) is 1. The van der Waals surface area contributed by atoms with Gasteiger partial charge in [-0.15, -0.1) is 0 Å². The molecular weight excluding hydrogens is 252 g/mol. The van der Waals surface area contributed by atoms with E-state index in [1.165, 1.54) is 0 Å². The zero-order chi connectivity index (χ0) is 13.3. The van der Waals surface area contributed by atoms with Crippen molar-refractivity contribution >= 4 is 10.0 Å². The Balaban J connectivity index is 2.12. The van der Waals surface area contributed by atoms with Crippen molar-refractivity contribution < 1.29 is 13.2 Å². The first kappa shape index (κ1) is 14.9. The lowest BCUT2D eigenvalue weighted by Gasteiger charge is -2.07. The lowest BCUT2D eigenvalue weighted by Crippen LogP contribution is -2.29. The molecule has 0 spiro atoms. The van der Waals surface area contributed by atoms with E-state index in [0.29, 0.717) is 32.5 Å². The van der Waals surface area contributed by atoms with Crippen LogP contribution in [0.2, 0.25) is 0 Å². The van der Waals surface area contributed by atoms with E-state index in [-0.39, 0.29) is 5.75 Å². The summed E-state index contributed by atoms with van der Waals surface area (Å²) in [7, 11) is -3.17. The highest BCUT2D eigenvalue weighted by Crippen LogP contribution is 2.08. The van der Waals surface area contributed by atoms with Crippen molar-refractivity contribution in [3.8, 4) is 5.75 Å². The molecule has 0 amide bonds. The smallest absolute Gasteiger partial charge is 0.211 e. The minimum Gasteiger partial charge on any atom is -0.494 e. The van der Waals surface area contributed by atoms with Crippen LogP contribution < -0.4 is 15.2 Å². The molecule has 0 aliphatic rings. The molecule has 0 aromatic heterocycles. The van der Waals surface area contributed by atoms with Crippen LogP contribution in [0, 0.1) is 0 Å². The topological polar surface area (TPSA) is 81.4 Å². The second-order valence-corrected chi connectivity index (χ2v) is 5.80. The fraction of sp³-hybridized carbons (Fsp3) is 0.500. The van der Waals surface area contributed by atoms with Crippen molar-refractivity contribution in [2.45, 2.75) is 12.8 Å². The number of nitrogens with two attached hydrogens (primary N) is 1. The quantitative estimate of drug-likeness (QED) is 0.649. The Morgan fingerprint density at radius 2 is 1.89 bits per heavy atom. The molecule has 0 fully saturated rings. The maximum absolute atomic E-state index is 11.4. The summed E-state index contributed by atoms with van der Waals surface area (Å²) in [5.74, 6) is 0.881. The van der Waals surface area contributed by atoms with E-state index in [9.17, 15) is 8.42 Å². The van der Waals surface area contributed by atoms with E-state index in [1.54, 1.807) is 0 Å². The second-order valence-electron chi connectivity index (χ2n) is 3.87. The summed E-state index contributed by atoms with van der Waals surface area (Å²) in [6, 6.07) is 9.44. The molecule has 0 heterocycles. The van der Waals surface area contributed by atoms with Crippen LogP contribution in [0.5, 0.6) is 5.75 Å². The Labute approximate surface area is 108 Å². The standard InChI is InChI=1S/C12H20N2O3S/c13-8-4-11-18(15,16)14-9-5-10-17-12-6-2-1-3-7-12/h1-3,6-7,14H,4-5,8-11,13H2. The average molecular weight is 272 g/mol. The zero-order valence-electron chi connectivity index (χ0n) is 10.3. The van der Waals surface area contributed by atoms with Crippen LogP contribution in [0.25, 0.3) is 0 Å². The number of para-hydroxylation sites is 1. The number of benzene rings is 1. The van der Waals surface area contributed by atoms with Crippen LogP contribution >= 0.6 is 0 Å². The normalized spacial score (nSPS) is 11.4. The summed E-state index contributed by atoms with van der Waals surface area (Å²) in [5, 5.41) is 0. The van der Waals surface area contributed by atoms with Gasteiger partial charge in [0.2, 0.25) is 10.0 Å². The third kappa shape index (κ3) is 6.58. The van der Waals surface area contributed by atoms with Gasteiger partial charge in [0.25, 0.3) is 0 Å². The van der Waals surface area contributed by atoms with Crippen molar-refractivity contribution in [3.05, 3.63) is 30.3 Å². The first-order valence-corrected chi connectivity index (χ1v) is 7.64. The maximum atomic E-state index is 11.4. The lowest BCUT2D eigenvalue weighted by molar-refractivity contribution is 0.311. The number of hydrogen-bond donors (Lipinski definition) is 2. The number of rotatable bonds is 9. The molecule has 5 nitrogen and oxygen atoms in total. The zero-order valence-corrected chi connectivity index (χ0v) is 11.2. The minimum absolute atomic E-state index is 0.0864. The van der Waals surface area contributed by atoms with Gasteiger partial charge in [-0.05, 0) is 31.5 Å². The Kier molecular flexibility index (Phi) is 6.70. The Bertz CT molecular complexity index is 420. The van der Waals surface area contributed by atoms with E-state index < -0.39 is 10.0 Å². The van der Waals surface area contributed by atoms with E-state index in [1.807, 2.05) is 30.3 Å². The van der Waals surface area contributed by atoms with Crippen molar-refractivity contribution in [2.24, 2.45) is 5.73 Å². The molecule has 0 unspecified atom stereocenters. The maximum Gasteiger partial charge on any atom is 0.211 e. The minimum atomic E-state index is -3.17. The summed E-state index contributed by atoms with van der Waals surface area (Å²) in [6.07, 6.45) is 1.12. The molecule has 1 rings (SSSR count). The first-order chi connectivity index (χ1) is 8.64. The molecular formula is C12H20N2O3S. The van der Waals surface area contributed by atoms with Gasteiger partial charge in [0.05, 0.1) is 12.4 Å². The largest absolute Gasteiger partial charge is 0.494 e. The molecule has 1 aromatic carbocycles. The predicted molar refractivity (Wildman–Crippen MR) is 72.0 cm³/mol. The molecule has 0 aliphatic heterocycles. The Hall–Kier alpha value is -1.11. The summed E-state index contributed by atoms with van der Waals surface area (Å²) >= 11 is 0. The predicted octanol–water partition coefficient (Wildman–Crippen LogP) is 0.724. The highest BCUT2D eigenvalue weighted by molar-refractivity contribution is 7.89. The molecule has 1 aromatic rings. The van der Waals surface area contributed by atoms with Crippen LogP contribution in [0.3, 0.4) is 0 Å². The van der Waals surface area contributed by atoms with Crippen molar-refractivity contribution in [2.75, 3.05) is 25.4 Å². The molecule has 0 atom stereocenters. The number of hydrogen-bond acceptors (Lipinski definition) is 4. The lowest BCUT2D eigenvalue weighted by atomic mass is 10.3.